The van der Waals surface area contributed by atoms with Crippen molar-refractivity contribution in [2.24, 2.45) is 0 Å². The van der Waals surface area contributed by atoms with E-state index in [0.717, 1.165) is 51.4 Å². The fraction of sp³-hybridized carbons (Fsp3) is 0.400. The first kappa shape index (κ1) is 20.6. The standard InChI is InChI=1S/C25H30N2O3/c1-2-30-25(28)12-9-20-7-10-22(11-8-20)27-19-21(23-5-3-4-6-24(23)27)13-14-26-15-17-29-18-16-26/h3-12,21H,2,13-19H2,1H3/b12-9+. The van der Waals surface area contributed by atoms with Crippen LogP contribution in [0.5, 0.6) is 0 Å². The molecular weight excluding hydrogens is 376 g/mol. The Balaban J connectivity index is 1.44. The van der Waals surface area contributed by atoms with Crippen LogP contribution in [-0.4, -0.2) is 56.9 Å². The summed E-state index contributed by atoms with van der Waals surface area (Å²) in [6.45, 7) is 8.10. The van der Waals surface area contributed by atoms with E-state index in [2.05, 4.69) is 58.3 Å². The van der Waals surface area contributed by atoms with Gasteiger partial charge in [-0.05, 0) is 55.3 Å². The van der Waals surface area contributed by atoms with E-state index in [-0.39, 0.29) is 5.97 Å². The molecule has 0 bridgehead atoms. The van der Waals surface area contributed by atoms with Gasteiger partial charge in [-0.1, -0.05) is 30.3 Å². The summed E-state index contributed by atoms with van der Waals surface area (Å²) >= 11 is 0. The lowest BCUT2D eigenvalue weighted by Crippen LogP contribution is -2.37. The number of nitrogens with zero attached hydrogens (tertiary/aromatic N) is 2. The van der Waals surface area contributed by atoms with Gasteiger partial charge in [0, 0.05) is 43.0 Å². The molecule has 0 radical (unpaired) electrons. The molecule has 2 aromatic rings. The molecule has 158 valence electrons. The molecule has 5 heteroatoms. The van der Waals surface area contributed by atoms with Crippen molar-refractivity contribution in [1.29, 1.82) is 0 Å². The van der Waals surface area contributed by atoms with Crippen molar-refractivity contribution in [2.45, 2.75) is 19.3 Å². The van der Waals surface area contributed by atoms with Gasteiger partial charge in [-0.25, -0.2) is 4.79 Å². The Morgan fingerprint density at radius 1 is 1.13 bits per heavy atom. The third-order valence-electron chi connectivity index (χ3n) is 5.87. The summed E-state index contributed by atoms with van der Waals surface area (Å²) in [5.41, 5.74) is 4.92. The van der Waals surface area contributed by atoms with Crippen LogP contribution in [0.1, 0.15) is 30.4 Å². The second-order valence-electron chi connectivity index (χ2n) is 7.79. The molecule has 1 saturated heterocycles. The molecule has 1 fully saturated rings. The molecule has 5 nitrogen and oxygen atoms in total. The van der Waals surface area contributed by atoms with Gasteiger partial charge in [0.25, 0.3) is 0 Å². The van der Waals surface area contributed by atoms with Gasteiger partial charge >= 0.3 is 5.97 Å². The van der Waals surface area contributed by atoms with Crippen molar-refractivity contribution >= 4 is 23.4 Å². The van der Waals surface area contributed by atoms with Gasteiger partial charge in [-0.15, -0.1) is 0 Å². The maximum Gasteiger partial charge on any atom is 0.330 e. The van der Waals surface area contributed by atoms with Crippen molar-refractivity contribution in [2.75, 3.05) is 50.9 Å². The van der Waals surface area contributed by atoms with Crippen molar-refractivity contribution in [3.8, 4) is 0 Å². The maximum absolute atomic E-state index is 11.5. The third-order valence-corrected chi connectivity index (χ3v) is 5.87. The highest BCUT2D eigenvalue weighted by Gasteiger charge is 2.29. The van der Waals surface area contributed by atoms with Crippen LogP contribution in [0.3, 0.4) is 0 Å². The summed E-state index contributed by atoms with van der Waals surface area (Å²) in [6.07, 6.45) is 4.43. The fourth-order valence-corrected chi connectivity index (χ4v) is 4.27. The molecule has 2 aromatic carbocycles. The van der Waals surface area contributed by atoms with Crippen molar-refractivity contribution in [3.05, 3.63) is 65.7 Å². The number of para-hydroxylation sites is 1. The lowest BCUT2D eigenvalue weighted by molar-refractivity contribution is -0.137. The van der Waals surface area contributed by atoms with E-state index in [1.54, 1.807) is 6.08 Å². The topological polar surface area (TPSA) is 42.0 Å². The van der Waals surface area contributed by atoms with Crippen LogP contribution in [0.4, 0.5) is 11.4 Å². The van der Waals surface area contributed by atoms with Crippen LogP contribution >= 0.6 is 0 Å². The highest BCUT2D eigenvalue weighted by molar-refractivity contribution is 5.87. The summed E-state index contributed by atoms with van der Waals surface area (Å²) in [5.74, 6) is 0.227. The van der Waals surface area contributed by atoms with E-state index in [1.165, 1.54) is 23.0 Å². The Hall–Kier alpha value is -2.63. The second-order valence-corrected chi connectivity index (χ2v) is 7.79. The molecule has 4 rings (SSSR count). The summed E-state index contributed by atoms with van der Waals surface area (Å²) in [5, 5.41) is 0. The van der Waals surface area contributed by atoms with Gasteiger partial charge < -0.3 is 14.4 Å². The Morgan fingerprint density at radius 3 is 2.67 bits per heavy atom. The van der Waals surface area contributed by atoms with Crippen LogP contribution < -0.4 is 4.90 Å². The van der Waals surface area contributed by atoms with Crippen LogP contribution in [0.15, 0.2) is 54.6 Å². The predicted molar refractivity (Wildman–Crippen MR) is 120 cm³/mol. The van der Waals surface area contributed by atoms with E-state index < -0.39 is 0 Å². The molecule has 0 saturated carbocycles. The van der Waals surface area contributed by atoms with Gasteiger partial charge in [0.15, 0.2) is 0 Å². The Morgan fingerprint density at radius 2 is 1.90 bits per heavy atom. The zero-order chi connectivity index (χ0) is 20.8. The Bertz CT molecular complexity index is 872. The molecule has 0 amide bonds. The van der Waals surface area contributed by atoms with Gasteiger partial charge in [-0.2, -0.15) is 0 Å². The number of rotatable bonds is 7. The molecular formula is C25H30N2O3. The number of fused-ring (bicyclic) bond motifs is 1. The number of esters is 1. The predicted octanol–water partition coefficient (Wildman–Crippen LogP) is 4.22. The van der Waals surface area contributed by atoms with Crippen molar-refractivity contribution in [3.63, 3.8) is 0 Å². The first-order chi connectivity index (χ1) is 14.7. The molecule has 2 heterocycles. The first-order valence-corrected chi connectivity index (χ1v) is 10.9. The lowest BCUT2D eigenvalue weighted by Gasteiger charge is -2.27. The summed E-state index contributed by atoms with van der Waals surface area (Å²) in [7, 11) is 0. The smallest absolute Gasteiger partial charge is 0.330 e. The Labute approximate surface area is 178 Å². The summed E-state index contributed by atoms with van der Waals surface area (Å²) < 4.78 is 10.4. The number of morpholine rings is 1. The number of hydrogen-bond acceptors (Lipinski definition) is 5. The van der Waals surface area contributed by atoms with E-state index in [0.29, 0.717) is 12.5 Å². The average molecular weight is 407 g/mol. The van der Waals surface area contributed by atoms with Crippen molar-refractivity contribution < 1.29 is 14.3 Å². The maximum atomic E-state index is 11.5. The van der Waals surface area contributed by atoms with E-state index in [1.807, 2.05) is 6.92 Å². The van der Waals surface area contributed by atoms with Gasteiger partial charge in [0.05, 0.1) is 19.8 Å². The highest BCUT2D eigenvalue weighted by Crippen LogP contribution is 2.42. The molecule has 30 heavy (non-hydrogen) atoms. The number of ether oxygens (including phenoxy) is 2. The highest BCUT2D eigenvalue weighted by atomic mass is 16.5. The van der Waals surface area contributed by atoms with Gasteiger partial charge in [-0.3, -0.25) is 4.90 Å². The normalized spacial score (nSPS) is 19.2. The SMILES string of the molecule is CCOC(=O)/C=C/c1ccc(N2CC(CCN3CCOCC3)c3ccccc32)cc1. The largest absolute Gasteiger partial charge is 0.463 e. The van der Waals surface area contributed by atoms with Crippen LogP contribution in [-0.2, 0) is 14.3 Å². The molecule has 0 spiro atoms. The minimum absolute atomic E-state index is 0.307. The third kappa shape index (κ3) is 4.91. The summed E-state index contributed by atoms with van der Waals surface area (Å²) in [4.78, 5) is 16.4. The molecule has 0 aliphatic carbocycles. The molecule has 1 unspecified atom stereocenters. The number of hydrogen-bond donors (Lipinski definition) is 0. The lowest BCUT2D eigenvalue weighted by atomic mass is 9.98. The van der Waals surface area contributed by atoms with Crippen molar-refractivity contribution in [1.82, 2.24) is 4.90 Å². The monoisotopic (exact) mass is 406 g/mol. The van der Waals surface area contributed by atoms with Gasteiger partial charge in [0.2, 0.25) is 0 Å². The average Bonchev–Trinajstić information content (AvgIpc) is 3.16. The van der Waals surface area contributed by atoms with E-state index >= 15 is 0 Å². The molecule has 1 atom stereocenters. The number of anilines is 2. The van der Waals surface area contributed by atoms with E-state index in [4.69, 9.17) is 9.47 Å². The number of benzene rings is 2. The Kier molecular flexibility index (Phi) is 6.82. The zero-order valence-electron chi connectivity index (χ0n) is 17.6. The quantitative estimate of drug-likeness (QED) is 0.509. The second kappa shape index (κ2) is 9.92. The minimum Gasteiger partial charge on any atom is -0.463 e. The fourth-order valence-electron chi connectivity index (χ4n) is 4.27. The van der Waals surface area contributed by atoms with E-state index in [9.17, 15) is 4.79 Å². The first-order valence-electron chi connectivity index (χ1n) is 10.9. The number of carbonyl (C=O) groups excluding carboxylic acids is 1. The van der Waals surface area contributed by atoms with Crippen LogP contribution in [0.2, 0.25) is 0 Å². The molecule has 2 aliphatic heterocycles. The minimum atomic E-state index is -0.307. The van der Waals surface area contributed by atoms with Gasteiger partial charge in [0.1, 0.15) is 0 Å². The molecule has 2 aliphatic rings. The zero-order valence-corrected chi connectivity index (χ0v) is 17.6. The summed E-state index contributed by atoms with van der Waals surface area (Å²) in [6, 6.07) is 17.1. The van der Waals surface area contributed by atoms with Crippen LogP contribution in [0.25, 0.3) is 6.08 Å². The van der Waals surface area contributed by atoms with Crippen LogP contribution in [0, 0.1) is 0 Å². The molecule has 0 aromatic heterocycles. The number of carbonyl (C=O) groups is 1. The molecule has 0 N–H and O–H groups in total.